The lowest BCUT2D eigenvalue weighted by Crippen LogP contribution is -2.35. The van der Waals surface area contributed by atoms with Gasteiger partial charge in [-0.25, -0.2) is 8.42 Å². The van der Waals surface area contributed by atoms with Crippen LogP contribution in [-0.4, -0.2) is 36.5 Å². The van der Waals surface area contributed by atoms with E-state index in [4.69, 9.17) is 0 Å². The van der Waals surface area contributed by atoms with Crippen LogP contribution in [0, 0.1) is 10.1 Å². The van der Waals surface area contributed by atoms with Crippen molar-refractivity contribution in [2.45, 2.75) is 24.2 Å². The number of carbonyl (C=O) groups excluding carboxylic acids is 1. The predicted octanol–water partition coefficient (Wildman–Crippen LogP) is 2.74. The highest BCUT2D eigenvalue weighted by Crippen LogP contribution is 2.25. The molecule has 0 radical (unpaired) electrons. The van der Waals surface area contributed by atoms with Crippen molar-refractivity contribution in [1.82, 2.24) is 4.31 Å². The van der Waals surface area contributed by atoms with Crippen LogP contribution in [0.25, 0.3) is 6.08 Å². The van der Waals surface area contributed by atoms with E-state index >= 15 is 0 Å². The van der Waals surface area contributed by atoms with E-state index in [1.165, 1.54) is 46.8 Å². The van der Waals surface area contributed by atoms with Crippen LogP contribution in [0.5, 0.6) is 5.75 Å². The number of nitro benzene ring substituents is 1. The number of nitro groups is 1. The lowest BCUT2D eigenvalue weighted by molar-refractivity contribution is -0.398. The molecule has 0 bridgehead atoms. The van der Waals surface area contributed by atoms with Gasteiger partial charge in [-0.1, -0.05) is 24.6 Å². The highest BCUT2D eigenvalue weighted by Gasteiger charge is 2.25. The Hall–Kier alpha value is -3.04. The summed E-state index contributed by atoms with van der Waals surface area (Å²) < 4.78 is 26.7. The topological polar surface area (TPSA) is 121 Å². The number of allylic oxidation sites excluding steroid dienone is 1. The summed E-state index contributed by atoms with van der Waals surface area (Å²) in [5, 5.41) is 22.2. The Morgan fingerprint density at radius 2 is 1.69 bits per heavy atom. The summed E-state index contributed by atoms with van der Waals surface area (Å²) in [7, 11) is -3.57. The molecule has 0 N–H and O–H groups in total. The van der Waals surface area contributed by atoms with E-state index < -0.39 is 26.4 Å². The van der Waals surface area contributed by atoms with Crippen LogP contribution in [0.4, 0.5) is 5.69 Å². The summed E-state index contributed by atoms with van der Waals surface area (Å²) in [5.74, 6) is -1.09. The Bertz CT molecular complexity index is 1050. The van der Waals surface area contributed by atoms with Crippen molar-refractivity contribution >= 4 is 27.6 Å². The van der Waals surface area contributed by atoms with Gasteiger partial charge in [0.05, 0.1) is 9.82 Å². The first kappa shape index (κ1) is 20.7. The number of piperidine rings is 1. The summed E-state index contributed by atoms with van der Waals surface area (Å²) in [5.41, 5.74) is 0.0645. The Morgan fingerprint density at radius 3 is 2.31 bits per heavy atom. The minimum absolute atomic E-state index is 0.140. The second kappa shape index (κ2) is 8.54. The molecule has 0 amide bonds. The first-order valence-electron chi connectivity index (χ1n) is 9.07. The number of hydrogen-bond acceptors (Lipinski definition) is 6. The number of sulfonamides is 1. The molecule has 0 atom stereocenters. The maximum Gasteiger partial charge on any atom is 0.262 e. The molecular weight excluding hydrogens is 396 g/mol. The van der Waals surface area contributed by atoms with Gasteiger partial charge in [-0.2, -0.15) is 4.31 Å². The largest absolute Gasteiger partial charge is 0.868 e. The van der Waals surface area contributed by atoms with Crippen molar-refractivity contribution in [3.63, 3.8) is 0 Å². The van der Waals surface area contributed by atoms with E-state index in [0.29, 0.717) is 18.7 Å². The van der Waals surface area contributed by atoms with Gasteiger partial charge in [0.1, 0.15) is 0 Å². The molecule has 0 saturated carbocycles. The van der Waals surface area contributed by atoms with Crippen molar-refractivity contribution in [2.75, 3.05) is 13.1 Å². The Kier molecular flexibility index (Phi) is 6.09. The summed E-state index contributed by atoms with van der Waals surface area (Å²) >= 11 is 0. The van der Waals surface area contributed by atoms with Crippen LogP contribution in [0.2, 0.25) is 0 Å². The molecule has 29 heavy (non-hydrogen) atoms. The zero-order valence-electron chi connectivity index (χ0n) is 15.5. The van der Waals surface area contributed by atoms with Crippen molar-refractivity contribution in [3.05, 3.63) is 69.8 Å². The molecular formula is C20H19N2O6S-. The molecule has 1 fully saturated rings. The molecule has 1 aliphatic rings. The minimum atomic E-state index is -3.57. The van der Waals surface area contributed by atoms with E-state index in [1.807, 2.05) is 0 Å². The van der Waals surface area contributed by atoms with Crippen LogP contribution >= 0.6 is 0 Å². The zero-order chi connectivity index (χ0) is 21.0. The minimum Gasteiger partial charge on any atom is -0.868 e. The standard InChI is InChI=1S/C20H20N2O6S/c23-19(10-4-15-5-11-20(24)18(14-15)22(25)26)16-6-8-17(9-7-16)29(27,28)21-12-2-1-3-13-21/h4-11,14,24H,1-3,12-13H2/p-1/b10-4+. The lowest BCUT2D eigenvalue weighted by atomic mass is 10.1. The molecule has 1 saturated heterocycles. The normalized spacial score (nSPS) is 15.4. The second-order valence-corrected chi connectivity index (χ2v) is 8.61. The third-order valence-electron chi connectivity index (χ3n) is 4.70. The third kappa shape index (κ3) is 4.69. The summed E-state index contributed by atoms with van der Waals surface area (Å²) in [6, 6.07) is 9.24. The molecule has 0 aliphatic carbocycles. The molecule has 2 aromatic carbocycles. The van der Waals surface area contributed by atoms with Gasteiger partial charge in [-0.15, -0.1) is 0 Å². The fourth-order valence-electron chi connectivity index (χ4n) is 3.09. The van der Waals surface area contributed by atoms with Crippen LogP contribution in [-0.2, 0) is 10.0 Å². The number of benzene rings is 2. The van der Waals surface area contributed by atoms with E-state index in [1.54, 1.807) is 0 Å². The molecule has 2 aromatic rings. The zero-order valence-corrected chi connectivity index (χ0v) is 16.3. The van der Waals surface area contributed by atoms with Gasteiger partial charge in [0.15, 0.2) is 5.78 Å². The van der Waals surface area contributed by atoms with Gasteiger partial charge in [-0.3, -0.25) is 14.9 Å². The maximum absolute atomic E-state index is 12.6. The molecule has 152 valence electrons. The van der Waals surface area contributed by atoms with Gasteiger partial charge in [0, 0.05) is 24.7 Å². The Labute approximate surface area is 168 Å². The smallest absolute Gasteiger partial charge is 0.262 e. The lowest BCUT2D eigenvalue weighted by Gasteiger charge is -2.25. The van der Waals surface area contributed by atoms with Gasteiger partial charge in [0.25, 0.3) is 5.69 Å². The maximum atomic E-state index is 12.6. The van der Waals surface area contributed by atoms with Gasteiger partial charge >= 0.3 is 0 Å². The highest BCUT2D eigenvalue weighted by molar-refractivity contribution is 7.89. The molecule has 0 spiro atoms. The van der Waals surface area contributed by atoms with Gasteiger partial charge in [-0.05, 0) is 54.5 Å². The van der Waals surface area contributed by atoms with E-state index in [0.717, 1.165) is 31.4 Å². The number of carbonyl (C=O) groups is 1. The number of nitrogens with zero attached hydrogens (tertiary/aromatic N) is 2. The van der Waals surface area contributed by atoms with Gasteiger partial charge < -0.3 is 5.11 Å². The average molecular weight is 415 g/mol. The van der Waals surface area contributed by atoms with Crippen molar-refractivity contribution in [3.8, 4) is 5.75 Å². The SMILES string of the molecule is O=C(/C=C/c1ccc([O-])c([N+](=O)[O-])c1)c1ccc(S(=O)(=O)N2CCCCC2)cc1. The third-order valence-corrected chi connectivity index (χ3v) is 6.61. The first-order valence-corrected chi connectivity index (χ1v) is 10.5. The fraction of sp³-hybridized carbons (Fsp3) is 0.250. The van der Waals surface area contributed by atoms with E-state index in [9.17, 15) is 28.4 Å². The molecule has 9 heteroatoms. The van der Waals surface area contributed by atoms with Crippen molar-refractivity contribution in [2.24, 2.45) is 0 Å². The molecule has 8 nitrogen and oxygen atoms in total. The second-order valence-electron chi connectivity index (χ2n) is 6.67. The molecule has 0 aromatic heterocycles. The quantitative estimate of drug-likeness (QED) is 0.310. The number of hydrogen-bond donors (Lipinski definition) is 0. The van der Waals surface area contributed by atoms with Crippen LogP contribution in [0.1, 0.15) is 35.2 Å². The van der Waals surface area contributed by atoms with Gasteiger partial charge in [0.2, 0.25) is 10.0 Å². The monoisotopic (exact) mass is 415 g/mol. The Balaban J connectivity index is 1.74. The summed E-state index contributed by atoms with van der Waals surface area (Å²) in [6.45, 7) is 1.00. The van der Waals surface area contributed by atoms with Crippen LogP contribution < -0.4 is 5.11 Å². The van der Waals surface area contributed by atoms with Crippen molar-refractivity contribution in [1.29, 1.82) is 0 Å². The number of ketones is 1. The van der Waals surface area contributed by atoms with Crippen molar-refractivity contribution < 1.29 is 23.2 Å². The molecule has 0 unspecified atom stereocenters. The first-order chi connectivity index (χ1) is 13.8. The van der Waals surface area contributed by atoms with E-state index in [-0.39, 0.29) is 16.2 Å². The highest BCUT2D eigenvalue weighted by atomic mass is 32.2. The fourth-order valence-corrected chi connectivity index (χ4v) is 4.61. The molecule has 3 rings (SSSR count). The Morgan fingerprint density at radius 1 is 1.03 bits per heavy atom. The van der Waals surface area contributed by atoms with E-state index in [2.05, 4.69) is 0 Å². The van der Waals surface area contributed by atoms with Crippen LogP contribution in [0.3, 0.4) is 0 Å². The average Bonchev–Trinajstić information content (AvgIpc) is 2.73. The summed E-state index contributed by atoms with van der Waals surface area (Å²) in [4.78, 5) is 22.5. The predicted molar refractivity (Wildman–Crippen MR) is 105 cm³/mol. The number of rotatable bonds is 6. The molecule has 1 heterocycles. The summed E-state index contributed by atoms with van der Waals surface area (Å²) in [6.07, 6.45) is 5.29. The molecule has 1 aliphatic heterocycles. The van der Waals surface area contributed by atoms with Crippen LogP contribution in [0.15, 0.2) is 53.4 Å².